The van der Waals surface area contributed by atoms with E-state index in [-0.39, 0.29) is 49.0 Å². The fourth-order valence-electron chi connectivity index (χ4n) is 6.61. The van der Waals surface area contributed by atoms with Crippen molar-refractivity contribution in [3.63, 3.8) is 0 Å². The van der Waals surface area contributed by atoms with Crippen LogP contribution in [0.2, 0.25) is 0 Å². The summed E-state index contributed by atoms with van der Waals surface area (Å²) in [7, 11) is 0. The number of amides is 6. The van der Waals surface area contributed by atoms with Crippen molar-refractivity contribution in [1.82, 2.24) is 31.2 Å². The van der Waals surface area contributed by atoms with Crippen molar-refractivity contribution in [1.29, 1.82) is 0 Å². The van der Waals surface area contributed by atoms with Gasteiger partial charge in [0.25, 0.3) is 0 Å². The number of carbonyl (C=O) groups is 6. The maximum Gasteiger partial charge on any atom is 0.245 e. The lowest BCUT2D eigenvalue weighted by molar-refractivity contribution is -0.140. The Balaban J connectivity index is 1.66. The van der Waals surface area contributed by atoms with Crippen LogP contribution in [0.1, 0.15) is 78.2 Å². The first-order valence-corrected chi connectivity index (χ1v) is 19.0. The molecule has 3 heterocycles. The maximum atomic E-state index is 14.0. The lowest BCUT2D eigenvalue weighted by atomic mass is 9.94. The number of fused-ring (bicyclic) bond motifs is 2. The van der Waals surface area contributed by atoms with Gasteiger partial charge in [0.15, 0.2) is 0 Å². The van der Waals surface area contributed by atoms with Crippen LogP contribution in [-0.2, 0) is 35.2 Å². The van der Waals surface area contributed by atoms with E-state index >= 15 is 0 Å². The minimum Gasteiger partial charge on any atom is -0.370 e. The quantitative estimate of drug-likeness (QED) is 0.241. The molecule has 0 bridgehead atoms. The van der Waals surface area contributed by atoms with E-state index in [2.05, 4.69) is 26.3 Å². The summed E-state index contributed by atoms with van der Waals surface area (Å²) in [5, 5.41) is 12.4. The molecule has 4 rings (SSSR count). The number of rotatable bonds is 8. The molecule has 0 unspecified atom stereocenters. The van der Waals surface area contributed by atoms with Gasteiger partial charge in [0.05, 0.1) is 6.42 Å². The number of aromatic nitrogens is 1. The summed E-state index contributed by atoms with van der Waals surface area (Å²) < 4.78 is 0. The molecule has 0 saturated carbocycles. The van der Waals surface area contributed by atoms with Crippen LogP contribution in [0.4, 0.5) is 0 Å². The summed E-state index contributed by atoms with van der Waals surface area (Å²) >= 11 is 1.64. The molecule has 2 saturated heterocycles. The molecule has 7 N–H and O–H groups in total. The highest BCUT2D eigenvalue weighted by molar-refractivity contribution is 7.99. The maximum absolute atomic E-state index is 14.0. The summed E-state index contributed by atoms with van der Waals surface area (Å²) in [4.78, 5) is 85.9. The molecule has 0 radical (unpaired) electrons. The van der Waals surface area contributed by atoms with Crippen molar-refractivity contribution in [2.24, 2.45) is 17.6 Å². The zero-order valence-electron chi connectivity index (χ0n) is 29.6. The number of nitrogens with one attached hydrogen (secondary N) is 5. The Bertz CT molecular complexity index is 1530. The largest absolute Gasteiger partial charge is 0.370 e. The number of primary amides is 1. The van der Waals surface area contributed by atoms with Gasteiger partial charge in [0, 0.05) is 48.3 Å². The highest BCUT2D eigenvalue weighted by Gasteiger charge is 2.38. The van der Waals surface area contributed by atoms with E-state index in [9.17, 15) is 28.8 Å². The number of H-pyrrole nitrogens is 1. The Morgan fingerprint density at radius 1 is 0.900 bits per heavy atom. The number of nitrogens with two attached hydrogens (primary N) is 1. The van der Waals surface area contributed by atoms with Crippen molar-refractivity contribution in [3.8, 4) is 0 Å². The molecular weight excluding hydrogens is 659 g/mol. The number of hydrogen-bond donors (Lipinski definition) is 6. The molecule has 2 aliphatic heterocycles. The topological polar surface area (TPSA) is 196 Å². The molecule has 0 aliphatic carbocycles. The highest BCUT2D eigenvalue weighted by Crippen LogP contribution is 2.24. The Hall–Kier alpha value is -4.07. The predicted molar refractivity (Wildman–Crippen MR) is 194 cm³/mol. The lowest BCUT2D eigenvalue weighted by Gasteiger charge is -2.32. The summed E-state index contributed by atoms with van der Waals surface area (Å²) in [5.74, 6) is -2.43. The third-order valence-corrected chi connectivity index (χ3v) is 11.2. The van der Waals surface area contributed by atoms with E-state index in [4.69, 9.17) is 5.73 Å². The normalized spacial score (nSPS) is 26.3. The smallest absolute Gasteiger partial charge is 0.245 e. The number of para-hydroxylation sites is 1. The Morgan fingerprint density at radius 3 is 2.24 bits per heavy atom. The lowest BCUT2D eigenvalue weighted by Crippen LogP contribution is -2.61. The summed E-state index contributed by atoms with van der Waals surface area (Å²) in [6.45, 7) is 7.92. The minimum atomic E-state index is -1.18. The van der Waals surface area contributed by atoms with Gasteiger partial charge in [0.2, 0.25) is 35.4 Å². The SMILES string of the molecule is CC[C@@H](C)[C@@H]1NC(=O)[C@H]([C@@H](C)CC)NC(=O)[C@@H](Cc2c[nH]c3ccccc23)NC(=O)CCCSC[C@@H]2CCCN2C(=O)[C@H](CC(N)=O)NC1=O. The van der Waals surface area contributed by atoms with Gasteiger partial charge in [-0.2, -0.15) is 11.8 Å². The molecule has 7 atom stereocenters. The zero-order chi connectivity index (χ0) is 36.4. The Kier molecular flexibility index (Phi) is 14.1. The van der Waals surface area contributed by atoms with E-state index in [0.29, 0.717) is 37.3 Å². The average Bonchev–Trinajstić information content (AvgIpc) is 3.74. The van der Waals surface area contributed by atoms with Gasteiger partial charge >= 0.3 is 0 Å². The van der Waals surface area contributed by atoms with Crippen LogP contribution >= 0.6 is 11.8 Å². The van der Waals surface area contributed by atoms with E-state index in [1.165, 1.54) is 0 Å². The van der Waals surface area contributed by atoms with E-state index in [0.717, 1.165) is 29.3 Å². The molecule has 14 heteroatoms. The van der Waals surface area contributed by atoms with Gasteiger partial charge in [-0.1, -0.05) is 58.7 Å². The Morgan fingerprint density at radius 2 is 1.56 bits per heavy atom. The second-order valence-electron chi connectivity index (χ2n) is 13.7. The molecule has 274 valence electrons. The molecule has 50 heavy (non-hydrogen) atoms. The van der Waals surface area contributed by atoms with Gasteiger partial charge in [-0.15, -0.1) is 0 Å². The van der Waals surface area contributed by atoms with Crippen molar-refractivity contribution < 1.29 is 28.8 Å². The van der Waals surface area contributed by atoms with Gasteiger partial charge in [-0.25, -0.2) is 0 Å². The van der Waals surface area contributed by atoms with Crippen molar-refractivity contribution in [3.05, 3.63) is 36.0 Å². The van der Waals surface area contributed by atoms with Gasteiger partial charge < -0.3 is 36.9 Å². The third-order valence-electron chi connectivity index (χ3n) is 10.0. The molecule has 6 amide bonds. The third kappa shape index (κ3) is 10.0. The molecule has 2 fully saturated rings. The zero-order valence-corrected chi connectivity index (χ0v) is 30.4. The van der Waals surface area contributed by atoms with E-state index in [1.807, 2.05) is 58.2 Å². The van der Waals surface area contributed by atoms with Crippen LogP contribution in [0.5, 0.6) is 0 Å². The standard InChI is InChI=1S/C36H53N7O6S/c1-5-21(3)31-34(47)40-28(18-29(37)44)36(49)43-15-9-11-24(43)20-50-16-10-14-30(45)39-27(17-23-19-38-26-13-8-7-12-25(23)26)33(46)41-32(22(4)6-2)35(48)42-31/h7-8,12-13,19,21-22,24,27-28,31-32,38H,5-6,9-11,14-18,20H2,1-4H3,(H2,37,44)(H,39,45)(H,40,47)(H,41,46)(H,42,48)/t21-,22+,24+,27-,28+,31+,32+/m1/s1. The first-order chi connectivity index (χ1) is 23.9. The van der Waals surface area contributed by atoms with Crippen LogP contribution < -0.4 is 27.0 Å². The number of nitrogens with zero attached hydrogens (tertiary/aromatic N) is 1. The molecule has 2 aliphatic rings. The van der Waals surface area contributed by atoms with Gasteiger partial charge in [-0.3, -0.25) is 28.8 Å². The molecule has 1 aromatic heterocycles. The number of benzene rings is 1. The van der Waals surface area contributed by atoms with Crippen LogP contribution in [0.25, 0.3) is 10.9 Å². The second kappa shape index (κ2) is 18.2. The van der Waals surface area contributed by atoms with Crippen LogP contribution in [0.15, 0.2) is 30.5 Å². The molecule has 13 nitrogen and oxygen atoms in total. The van der Waals surface area contributed by atoms with Gasteiger partial charge in [-0.05, 0) is 48.5 Å². The minimum absolute atomic E-state index is 0.0928. The molecule has 1 aromatic carbocycles. The first-order valence-electron chi connectivity index (χ1n) is 17.8. The van der Waals surface area contributed by atoms with Crippen LogP contribution in [0.3, 0.4) is 0 Å². The van der Waals surface area contributed by atoms with Crippen LogP contribution in [0, 0.1) is 11.8 Å². The summed E-state index contributed by atoms with van der Waals surface area (Å²) in [6.07, 6.45) is 5.07. The predicted octanol–water partition coefficient (Wildman–Crippen LogP) is 2.14. The van der Waals surface area contributed by atoms with Gasteiger partial charge in [0.1, 0.15) is 24.2 Å². The number of carbonyl (C=O) groups excluding carboxylic acids is 6. The summed E-state index contributed by atoms with van der Waals surface area (Å²) in [5.41, 5.74) is 7.29. The molecular formula is C36H53N7O6S. The fourth-order valence-corrected chi connectivity index (χ4v) is 7.75. The second-order valence-corrected chi connectivity index (χ2v) is 14.8. The molecule has 2 aromatic rings. The van der Waals surface area contributed by atoms with E-state index in [1.54, 1.807) is 16.7 Å². The number of aromatic amines is 1. The Labute approximate surface area is 298 Å². The molecule has 0 spiro atoms. The van der Waals surface area contributed by atoms with Crippen molar-refractivity contribution in [2.45, 2.75) is 109 Å². The number of hydrogen-bond acceptors (Lipinski definition) is 7. The fraction of sp³-hybridized carbons (Fsp3) is 0.611. The van der Waals surface area contributed by atoms with Crippen molar-refractivity contribution >= 4 is 58.1 Å². The average molecular weight is 712 g/mol. The highest BCUT2D eigenvalue weighted by atomic mass is 32.2. The first kappa shape index (κ1) is 38.7. The number of thioether (sulfide) groups is 1. The van der Waals surface area contributed by atoms with E-state index < -0.39 is 47.8 Å². The van der Waals surface area contributed by atoms with Crippen LogP contribution in [-0.4, -0.2) is 93.6 Å². The van der Waals surface area contributed by atoms with Crippen molar-refractivity contribution in [2.75, 3.05) is 18.1 Å². The monoisotopic (exact) mass is 711 g/mol. The summed E-state index contributed by atoms with van der Waals surface area (Å²) in [6, 6.07) is 3.40.